The van der Waals surface area contributed by atoms with Crippen LogP contribution in [0.5, 0.6) is 0 Å². The molecule has 0 aliphatic heterocycles. The van der Waals surface area contributed by atoms with Crippen molar-refractivity contribution >= 4 is 5.97 Å². The van der Waals surface area contributed by atoms with Gasteiger partial charge in [-0.1, -0.05) is 43.7 Å². The standard InChI is InChI=1S/C14H20O3/c1-2-9-14(17,11-13(15)16)10-8-12-6-4-3-5-7-12/h3-7,17H,2,8-11H2,1H3,(H,15,16)/p-1. The Kier molecular flexibility index (Phi) is 5.16. The summed E-state index contributed by atoms with van der Waals surface area (Å²) in [5.74, 6) is -1.19. The molecule has 0 spiro atoms. The molecule has 94 valence electrons. The first-order valence-electron chi connectivity index (χ1n) is 6.02. The minimum atomic E-state index is -1.19. The quantitative estimate of drug-likeness (QED) is 0.774. The molecule has 0 radical (unpaired) electrons. The van der Waals surface area contributed by atoms with Gasteiger partial charge >= 0.3 is 0 Å². The average molecular weight is 235 g/mol. The molecule has 1 rings (SSSR count). The molecule has 17 heavy (non-hydrogen) atoms. The fourth-order valence-electron chi connectivity index (χ4n) is 2.06. The number of hydrogen-bond donors (Lipinski definition) is 1. The third-order valence-corrected chi connectivity index (χ3v) is 2.91. The van der Waals surface area contributed by atoms with Crippen molar-refractivity contribution in [2.24, 2.45) is 0 Å². The zero-order valence-electron chi connectivity index (χ0n) is 10.2. The molecule has 0 heterocycles. The molecule has 0 fully saturated rings. The molecule has 1 atom stereocenters. The lowest BCUT2D eigenvalue weighted by Crippen LogP contribution is -2.38. The Balaban J connectivity index is 2.58. The maximum Gasteiger partial charge on any atom is 0.0702 e. The number of aryl methyl sites for hydroxylation is 1. The summed E-state index contributed by atoms with van der Waals surface area (Å²) in [4.78, 5) is 10.6. The average Bonchev–Trinajstić information content (AvgIpc) is 2.27. The molecule has 0 aliphatic rings. The minimum absolute atomic E-state index is 0.284. The molecule has 1 unspecified atom stereocenters. The first-order valence-corrected chi connectivity index (χ1v) is 6.02. The Hall–Kier alpha value is -1.35. The van der Waals surface area contributed by atoms with E-state index in [0.717, 1.165) is 12.0 Å². The van der Waals surface area contributed by atoms with E-state index >= 15 is 0 Å². The third kappa shape index (κ3) is 5.00. The van der Waals surface area contributed by atoms with Crippen LogP contribution in [0.4, 0.5) is 0 Å². The molecule has 0 aromatic heterocycles. The second-order valence-electron chi connectivity index (χ2n) is 4.51. The summed E-state index contributed by atoms with van der Waals surface area (Å²) in [6.45, 7) is 1.93. The number of carboxylic acid groups (broad SMARTS) is 1. The normalized spacial score (nSPS) is 14.2. The number of carboxylic acids is 1. The molecule has 1 aromatic carbocycles. The zero-order valence-corrected chi connectivity index (χ0v) is 10.2. The summed E-state index contributed by atoms with van der Waals surface area (Å²) in [6, 6.07) is 9.76. The first kappa shape index (κ1) is 13.7. The summed E-state index contributed by atoms with van der Waals surface area (Å²) < 4.78 is 0. The highest BCUT2D eigenvalue weighted by Crippen LogP contribution is 2.23. The summed E-state index contributed by atoms with van der Waals surface area (Å²) >= 11 is 0. The van der Waals surface area contributed by atoms with Crippen LogP contribution in [-0.4, -0.2) is 16.7 Å². The van der Waals surface area contributed by atoms with Gasteiger partial charge in [-0.15, -0.1) is 0 Å². The van der Waals surface area contributed by atoms with E-state index in [1.807, 2.05) is 37.3 Å². The number of carbonyl (C=O) groups is 1. The van der Waals surface area contributed by atoms with Gasteiger partial charge in [0, 0.05) is 12.4 Å². The van der Waals surface area contributed by atoms with Crippen molar-refractivity contribution < 1.29 is 15.0 Å². The van der Waals surface area contributed by atoms with Crippen LogP contribution in [0.1, 0.15) is 38.2 Å². The van der Waals surface area contributed by atoms with Crippen molar-refractivity contribution in [2.45, 2.75) is 44.6 Å². The molecule has 1 aromatic rings. The van der Waals surface area contributed by atoms with Gasteiger partial charge in [0.25, 0.3) is 0 Å². The Bertz CT molecular complexity index is 348. The monoisotopic (exact) mass is 235 g/mol. The third-order valence-electron chi connectivity index (χ3n) is 2.91. The van der Waals surface area contributed by atoms with Crippen molar-refractivity contribution in [1.82, 2.24) is 0 Å². The zero-order chi connectivity index (χ0) is 12.7. The second-order valence-corrected chi connectivity index (χ2v) is 4.51. The Labute approximate surface area is 102 Å². The first-order chi connectivity index (χ1) is 8.06. The van der Waals surface area contributed by atoms with E-state index in [9.17, 15) is 15.0 Å². The van der Waals surface area contributed by atoms with E-state index in [2.05, 4.69) is 0 Å². The molecule has 0 amide bonds. The van der Waals surface area contributed by atoms with Crippen molar-refractivity contribution in [3.8, 4) is 0 Å². The molecule has 0 saturated carbocycles. The van der Waals surface area contributed by atoms with Gasteiger partial charge in [0.1, 0.15) is 0 Å². The van der Waals surface area contributed by atoms with E-state index in [1.54, 1.807) is 0 Å². The van der Waals surface area contributed by atoms with Crippen LogP contribution in [0.2, 0.25) is 0 Å². The van der Waals surface area contributed by atoms with Gasteiger partial charge in [-0.25, -0.2) is 0 Å². The fraction of sp³-hybridized carbons (Fsp3) is 0.500. The second kappa shape index (κ2) is 6.40. The number of hydrogen-bond acceptors (Lipinski definition) is 3. The molecule has 1 N–H and O–H groups in total. The summed E-state index contributed by atoms with van der Waals surface area (Å²) in [6.07, 6.45) is 2.11. The predicted octanol–water partition coefficient (Wildman–Crippen LogP) is 1.29. The minimum Gasteiger partial charge on any atom is -0.550 e. The number of rotatable bonds is 7. The lowest BCUT2D eigenvalue weighted by Gasteiger charge is -2.28. The van der Waals surface area contributed by atoms with E-state index in [4.69, 9.17) is 0 Å². The van der Waals surface area contributed by atoms with Crippen LogP contribution >= 0.6 is 0 Å². The summed E-state index contributed by atoms with van der Waals surface area (Å²) in [7, 11) is 0. The van der Waals surface area contributed by atoms with Gasteiger partial charge in [-0.2, -0.15) is 0 Å². The van der Waals surface area contributed by atoms with Crippen LogP contribution in [0, 0.1) is 0 Å². The van der Waals surface area contributed by atoms with E-state index in [1.165, 1.54) is 0 Å². The van der Waals surface area contributed by atoms with E-state index < -0.39 is 11.6 Å². The van der Waals surface area contributed by atoms with Crippen LogP contribution in [0.25, 0.3) is 0 Å². The number of aliphatic carboxylic acids is 1. The molecular formula is C14H19O3-. The topological polar surface area (TPSA) is 60.4 Å². The van der Waals surface area contributed by atoms with Crippen LogP contribution in [-0.2, 0) is 11.2 Å². The summed E-state index contributed by atoms with van der Waals surface area (Å²) in [5.41, 5.74) is -0.0240. The molecule has 0 aliphatic carbocycles. The molecule has 0 saturated heterocycles. The molecule has 0 bridgehead atoms. The molecule has 3 nitrogen and oxygen atoms in total. The highest BCUT2D eigenvalue weighted by molar-refractivity contribution is 5.65. The van der Waals surface area contributed by atoms with Crippen LogP contribution in [0.3, 0.4) is 0 Å². The van der Waals surface area contributed by atoms with Gasteiger partial charge in [-0.3, -0.25) is 0 Å². The van der Waals surface area contributed by atoms with Crippen molar-refractivity contribution in [3.63, 3.8) is 0 Å². The molecule has 3 heteroatoms. The van der Waals surface area contributed by atoms with Gasteiger partial charge in [0.05, 0.1) is 5.60 Å². The predicted molar refractivity (Wildman–Crippen MR) is 64.2 cm³/mol. The van der Waals surface area contributed by atoms with Gasteiger partial charge in [-0.05, 0) is 24.8 Å². The van der Waals surface area contributed by atoms with Gasteiger partial charge in [0.2, 0.25) is 0 Å². The smallest absolute Gasteiger partial charge is 0.0702 e. The highest BCUT2D eigenvalue weighted by Gasteiger charge is 2.25. The van der Waals surface area contributed by atoms with Crippen LogP contribution < -0.4 is 5.11 Å². The Morgan fingerprint density at radius 3 is 2.47 bits per heavy atom. The van der Waals surface area contributed by atoms with Crippen molar-refractivity contribution in [3.05, 3.63) is 35.9 Å². The lowest BCUT2D eigenvalue weighted by atomic mass is 9.87. The van der Waals surface area contributed by atoms with E-state index in [0.29, 0.717) is 19.3 Å². The molecular weight excluding hydrogens is 216 g/mol. The Morgan fingerprint density at radius 1 is 1.29 bits per heavy atom. The maximum absolute atomic E-state index is 10.6. The summed E-state index contributed by atoms with van der Waals surface area (Å²) in [5, 5.41) is 20.9. The Morgan fingerprint density at radius 2 is 1.94 bits per heavy atom. The van der Waals surface area contributed by atoms with Crippen LogP contribution in [0.15, 0.2) is 30.3 Å². The SMILES string of the molecule is CCCC(O)(CCc1ccccc1)CC(=O)[O-]. The fourth-order valence-corrected chi connectivity index (χ4v) is 2.06. The van der Waals surface area contributed by atoms with E-state index in [-0.39, 0.29) is 6.42 Å². The van der Waals surface area contributed by atoms with Gasteiger partial charge < -0.3 is 15.0 Å². The van der Waals surface area contributed by atoms with Gasteiger partial charge in [0.15, 0.2) is 0 Å². The number of aliphatic hydroxyl groups is 1. The number of carbonyl (C=O) groups excluding carboxylic acids is 1. The van der Waals surface area contributed by atoms with Crippen molar-refractivity contribution in [2.75, 3.05) is 0 Å². The maximum atomic E-state index is 10.6. The number of benzene rings is 1. The largest absolute Gasteiger partial charge is 0.550 e. The van der Waals surface area contributed by atoms with Crippen molar-refractivity contribution in [1.29, 1.82) is 0 Å². The lowest BCUT2D eigenvalue weighted by molar-refractivity contribution is -0.309. The highest BCUT2D eigenvalue weighted by atomic mass is 16.4.